The molecule has 35 valence electrons. The molecule has 0 atom stereocenters. The minimum atomic E-state index is -0.250. The van der Waals surface area contributed by atoms with Crippen molar-refractivity contribution < 1.29 is 4.32 Å². The van der Waals surface area contributed by atoms with E-state index in [4.69, 9.17) is 0 Å². The van der Waals surface area contributed by atoms with Crippen molar-refractivity contribution in [2.45, 2.75) is 26.1 Å². The number of rotatable bonds is 0. The monoisotopic (exact) mass is 87.1 g/mol. The van der Waals surface area contributed by atoms with Gasteiger partial charge in [0.05, 0.1) is 0 Å². The van der Waals surface area contributed by atoms with Crippen LogP contribution in [0.3, 0.4) is 0 Å². The molecule has 0 fully saturated rings. The molecule has 0 aliphatic rings. The highest BCUT2D eigenvalue weighted by molar-refractivity contribution is 6.30. The molecule has 0 N–H and O–H groups in total. The molecule has 0 aliphatic heterocycles. The van der Waals surface area contributed by atoms with E-state index in [0.29, 0.717) is 7.56 Å². The van der Waals surface area contributed by atoms with Crippen LogP contribution >= 0.6 is 0 Å². The van der Waals surface area contributed by atoms with Crippen molar-refractivity contribution in [2.75, 3.05) is 0 Å². The summed E-state index contributed by atoms with van der Waals surface area (Å²) in [5.74, 6) is 0. The Bertz CT molecular complexity index is 37.3. The Kier molecular flexibility index (Phi) is 1.63. The van der Waals surface area contributed by atoms with Gasteiger partial charge in [-0.1, -0.05) is 20.8 Å². The van der Waals surface area contributed by atoms with E-state index in [0.717, 1.165) is 0 Å². The fourth-order valence-electron chi connectivity index (χ4n) is 0. The fourth-order valence-corrected chi connectivity index (χ4v) is 0. The van der Waals surface area contributed by atoms with E-state index in [1.165, 1.54) is 0 Å². The van der Waals surface area contributed by atoms with Gasteiger partial charge in [0.2, 0.25) is 0 Å². The minimum absolute atomic E-state index is 0.250. The molecule has 6 heavy (non-hydrogen) atoms. The van der Waals surface area contributed by atoms with Crippen molar-refractivity contribution in [1.82, 2.24) is 0 Å². The molecule has 0 aliphatic carbocycles. The van der Waals surface area contributed by atoms with E-state index >= 15 is 0 Å². The van der Waals surface area contributed by atoms with Gasteiger partial charge >= 0.3 is 7.56 Å². The quantitative estimate of drug-likeness (QED) is 0.395. The second-order valence-corrected chi connectivity index (χ2v) is 2.48. The van der Waals surface area contributed by atoms with Gasteiger partial charge in [-0.25, -0.2) is 0 Å². The summed E-state index contributed by atoms with van der Waals surface area (Å²) in [4.78, 5) is 0. The molecule has 0 aromatic rings. The topological polar surface area (TPSA) is 0 Å². The highest BCUT2D eigenvalue weighted by Crippen LogP contribution is 2.19. The summed E-state index contributed by atoms with van der Waals surface area (Å²) < 4.78 is 11.4. The van der Waals surface area contributed by atoms with E-state index in [1.807, 2.05) is 20.8 Å². The molecule has 2 heteroatoms. The van der Waals surface area contributed by atoms with Gasteiger partial charge in [-0.2, -0.15) is 0 Å². The standard InChI is InChI=1S/C4H9BF/c1-4(2,3)5-6/h1-3H3. The van der Waals surface area contributed by atoms with Gasteiger partial charge in [-0.15, -0.1) is 0 Å². The second kappa shape index (κ2) is 1.63. The van der Waals surface area contributed by atoms with Crippen molar-refractivity contribution in [3.05, 3.63) is 0 Å². The Balaban J connectivity index is 3.17. The highest BCUT2D eigenvalue weighted by Gasteiger charge is 2.11. The van der Waals surface area contributed by atoms with Gasteiger partial charge in [-0.3, -0.25) is 0 Å². The second-order valence-electron chi connectivity index (χ2n) is 2.48. The summed E-state index contributed by atoms with van der Waals surface area (Å²) in [5.41, 5.74) is 0. The summed E-state index contributed by atoms with van der Waals surface area (Å²) in [6.45, 7) is 5.44. The lowest BCUT2D eigenvalue weighted by molar-refractivity contribution is 0.681. The Labute approximate surface area is 39.0 Å². The van der Waals surface area contributed by atoms with Crippen LogP contribution in [-0.2, 0) is 0 Å². The Morgan fingerprint density at radius 3 is 1.50 bits per heavy atom. The molecule has 1 radical (unpaired) electrons. The van der Waals surface area contributed by atoms with Crippen LogP contribution in [0.2, 0.25) is 5.31 Å². The van der Waals surface area contributed by atoms with Gasteiger partial charge in [0.15, 0.2) is 0 Å². The van der Waals surface area contributed by atoms with Crippen molar-refractivity contribution >= 4 is 7.56 Å². The summed E-state index contributed by atoms with van der Waals surface area (Å²) in [6.07, 6.45) is 0. The molecule has 0 bridgehead atoms. The van der Waals surface area contributed by atoms with Crippen LogP contribution < -0.4 is 0 Å². The van der Waals surface area contributed by atoms with Crippen LogP contribution in [0.5, 0.6) is 0 Å². The molecule has 0 aromatic carbocycles. The first-order valence-corrected chi connectivity index (χ1v) is 2.01. The Morgan fingerprint density at radius 2 is 1.50 bits per heavy atom. The summed E-state index contributed by atoms with van der Waals surface area (Å²) in [6, 6.07) is 0. The molecule has 0 rings (SSSR count). The van der Waals surface area contributed by atoms with Crippen molar-refractivity contribution in [1.29, 1.82) is 0 Å². The van der Waals surface area contributed by atoms with E-state index in [1.54, 1.807) is 0 Å². The smallest absolute Gasteiger partial charge is 0.342 e. The third-order valence-electron chi connectivity index (χ3n) is 0.327. The van der Waals surface area contributed by atoms with Gasteiger partial charge in [0.25, 0.3) is 0 Å². The predicted molar refractivity (Wildman–Crippen MR) is 26.6 cm³/mol. The van der Waals surface area contributed by atoms with Crippen LogP contribution in [0, 0.1) is 0 Å². The normalized spacial score (nSPS) is 11.3. The number of hydrogen-bond donors (Lipinski definition) is 0. The zero-order valence-electron chi connectivity index (χ0n) is 4.46. The molecule has 0 unspecified atom stereocenters. The van der Waals surface area contributed by atoms with Crippen LogP contribution in [-0.4, -0.2) is 7.56 Å². The zero-order chi connectivity index (χ0) is 5.21. The average Bonchev–Trinajstić information content (AvgIpc) is 1.35. The van der Waals surface area contributed by atoms with Gasteiger partial charge in [0, 0.05) is 0 Å². The molecular weight excluding hydrogens is 77.9 g/mol. The van der Waals surface area contributed by atoms with E-state index in [-0.39, 0.29) is 5.31 Å². The van der Waals surface area contributed by atoms with Gasteiger partial charge < -0.3 is 4.32 Å². The van der Waals surface area contributed by atoms with Crippen LogP contribution in [0.4, 0.5) is 4.32 Å². The van der Waals surface area contributed by atoms with Gasteiger partial charge in [0.1, 0.15) is 0 Å². The molecule has 0 amide bonds. The third-order valence-corrected chi connectivity index (χ3v) is 0.327. The summed E-state index contributed by atoms with van der Waals surface area (Å²) in [5, 5.41) is -0.250. The number of halogens is 1. The van der Waals surface area contributed by atoms with Gasteiger partial charge in [-0.05, 0) is 5.31 Å². The van der Waals surface area contributed by atoms with E-state index < -0.39 is 0 Å². The van der Waals surface area contributed by atoms with Crippen LogP contribution in [0.1, 0.15) is 20.8 Å². The maximum absolute atomic E-state index is 11.4. The molecule has 0 heterocycles. The van der Waals surface area contributed by atoms with Crippen molar-refractivity contribution in [3.8, 4) is 0 Å². The first-order valence-electron chi connectivity index (χ1n) is 2.01. The first kappa shape index (κ1) is 5.99. The summed E-state index contributed by atoms with van der Waals surface area (Å²) in [7, 11) is 0.688. The number of hydrogen-bond acceptors (Lipinski definition) is 0. The van der Waals surface area contributed by atoms with Crippen LogP contribution in [0.15, 0.2) is 0 Å². The Morgan fingerprint density at radius 1 is 1.33 bits per heavy atom. The molecule has 0 saturated carbocycles. The first-order chi connectivity index (χ1) is 2.56. The maximum atomic E-state index is 11.4. The third kappa shape index (κ3) is 3.99. The zero-order valence-corrected chi connectivity index (χ0v) is 4.46. The largest absolute Gasteiger partial charge is 0.360 e. The minimum Gasteiger partial charge on any atom is -0.342 e. The summed E-state index contributed by atoms with van der Waals surface area (Å²) >= 11 is 0. The lowest BCUT2D eigenvalue weighted by Gasteiger charge is -2.07. The lowest BCUT2D eigenvalue weighted by atomic mass is 9.71. The van der Waals surface area contributed by atoms with E-state index in [9.17, 15) is 4.32 Å². The molecule has 0 nitrogen and oxygen atoms in total. The molecule has 0 saturated heterocycles. The van der Waals surface area contributed by atoms with Crippen LogP contribution in [0.25, 0.3) is 0 Å². The maximum Gasteiger partial charge on any atom is 0.360 e. The highest BCUT2D eigenvalue weighted by atomic mass is 19.1. The van der Waals surface area contributed by atoms with Crippen molar-refractivity contribution in [2.24, 2.45) is 0 Å². The molecule has 0 spiro atoms. The van der Waals surface area contributed by atoms with E-state index in [2.05, 4.69) is 0 Å². The Hall–Kier alpha value is -0.00506. The molecule has 0 aromatic heterocycles. The fraction of sp³-hybridized carbons (Fsp3) is 1.00. The average molecular weight is 86.9 g/mol. The molecular formula is C4H9BF. The SMILES string of the molecule is CC(C)(C)[B]F. The predicted octanol–water partition coefficient (Wildman–Crippen LogP) is 1.79. The lowest BCUT2D eigenvalue weighted by Crippen LogP contribution is -2.00. The van der Waals surface area contributed by atoms with Crippen molar-refractivity contribution in [3.63, 3.8) is 0 Å².